The van der Waals surface area contributed by atoms with Crippen LogP contribution in [0.4, 0.5) is 5.69 Å². The molecule has 20 heavy (non-hydrogen) atoms. The molecule has 0 aromatic heterocycles. The summed E-state index contributed by atoms with van der Waals surface area (Å²) in [5.74, 6) is 0.178. The number of benzene rings is 1. The number of amides is 1. The molecule has 1 amide bonds. The van der Waals surface area contributed by atoms with Crippen molar-refractivity contribution in [1.29, 1.82) is 0 Å². The number of anilines is 1. The molecule has 1 aliphatic heterocycles. The van der Waals surface area contributed by atoms with Crippen molar-refractivity contribution < 1.29 is 4.79 Å². The van der Waals surface area contributed by atoms with Crippen LogP contribution in [0, 0.1) is 0 Å². The van der Waals surface area contributed by atoms with E-state index in [0.29, 0.717) is 12.6 Å². The van der Waals surface area contributed by atoms with Crippen molar-refractivity contribution >= 4 is 27.5 Å². The molecule has 0 spiro atoms. The lowest BCUT2D eigenvalue weighted by molar-refractivity contribution is -0.129. The summed E-state index contributed by atoms with van der Waals surface area (Å²) in [6.07, 6.45) is 0. The molecule has 4 nitrogen and oxygen atoms in total. The molecule has 5 heteroatoms. The van der Waals surface area contributed by atoms with Crippen molar-refractivity contribution in [2.75, 3.05) is 38.1 Å². The predicted molar refractivity (Wildman–Crippen MR) is 86.1 cm³/mol. The van der Waals surface area contributed by atoms with Crippen LogP contribution in [-0.4, -0.2) is 44.0 Å². The fraction of sp³-hybridized carbons (Fsp3) is 0.533. The molecule has 1 aliphatic rings. The number of nitrogens with zero attached hydrogens (tertiary/aromatic N) is 2. The Morgan fingerprint density at radius 3 is 2.75 bits per heavy atom. The second kappa shape index (κ2) is 6.59. The van der Waals surface area contributed by atoms with Gasteiger partial charge in [0.2, 0.25) is 5.91 Å². The summed E-state index contributed by atoms with van der Waals surface area (Å²) in [5.41, 5.74) is 2.35. The second-order valence-corrected chi connectivity index (χ2v) is 6.08. The van der Waals surface area contributed by atoms with Gasteiger partial charge in [0.1, 0.15) is 0 Å². The molecule has 1 saturated heterocycles. The zero-order chi connectivity index (χ0) is 14.7. The number of likely N-dealkylation sites (N-methyl/N-ethyl adjacent to an activating group) is 1. The van der Waals surface area contributed by atoms with Crippen molar-refractivity contribution in [3.8, 4) is 0 Å². The predicted octanol–water partition coefficient (Wildman–Crippen LogP) is 2.40. The van der Waals surface area contributed by atoms with E-state index in [4.69, 9.17) is 0 Å². The van der Waals surface area contributed by atoms with Crippen LogP contribution in [0.25, 0.3) is 0 Å². The standard InChI is InChI=1S/C15H22BrN3O/c1-4-17-11(2)13-6-5-12(9-14(13)16)19-8-7-18(3)15(20)10-19/h5-6,9,11,17H,4,7-8,10H2,1-3H3. The van der Waals surface area contributed by atoms with E-state index in [0.717, 1.165) is 29.8 Å². The third-order valence-corrected chi connectivity index (χ3v) is 4.47. The number of hydrogen-bond acceptors (Lipinski definition) is 3. The summed E-state index contributed by atoms with van der Waals surface area (Å²) in [6, 6.07) is 6.67. The molecule has 1 heterocycles. The topological polar surface area (TPSA) is 35.6 Å². The number of piperazine rings is 1. The van der Waals surface area contributed by atoms with Gasteiger partial charge in [-0.15, -0.1) is 0 Å². The molecule has 2 rings (SSSR count). The first-order valence-corrected chi connectivity index (χ1v) is 7.84. The van der Waals surface area contributed by atoms with Crippen LogP contribution < -0.4 is 10.2 Å². The van der Waals surface area contributed by atoms with Crippen molar-refractivity contribution in [3.63, 3.8) is 0 Å². The summed E-state index contributed by atoms with van der Waals surface area (Å²) in [5, 5.41) is 3.41. The molecule has 1 unspecified atom stereocenters. The van der Waals surface area contributed by atoms with Gasteiger partial charge in [0.15, 0.2) is 0 Å². The minimum absolute atomic E-state index is 0.178. The molecule has 0 aliphatic carbocycles. The van der Waals surface area contributed by atoms with Crippen molar-refractivity contribution in [2.24, 2.45) is 0 Å². The van der Waals surface area contributed by atoms with E-state index in [1.165, 1.54) is 5.56 Å². The maximum absolute atomic E-state index is 11.8. The van der Waals surface area contributed by atoms with Crippen LogP contribution in [0.3, 0.4) is 0 Å². The second-order valence-electron chi connectivity index (χ2n) is 5.22. The first kappa shape index (κ1) is 15.3. The van der Waals surface area contributed by atoms with Gasteiger partial charge in [0, 0.05) is 36.3 Å². The summed E-state index contributed by atoms with van der Waals surface area (Å²) in [6.45, 7) is 7.34. The molecule has 1 aromatic rings. The van der Waals surface area contributed by atoms with Gasteiger partial charge in [-0.1, -0.05) is 28.9 Å². The van der Waals surface area contributed by atoms with E-state index in [1.807, 2.05) is 7.05 Å². The number of nitrogens with one attached hydrogen (secondary N) is 1. The van der Waals surface area contributed by atoms with Gasteiger partial charge < -0.3 is 15.1 Å². The van der Waals surface area contributed by atoms with Gasteiger partial charge >= 0.3 is 0 Å². The summed E-state index contributed by atoms with van der Waals surface area (Å²) in [7, 11) is 1.86. The van der Waals surface area contributed by atoms with Gasteiger partial charge in [-0.05, 0) is 31.2 Å². The minimum Gasteiger partial charge on any atom is -0.360 e. The van der Waals surface area contributed by atoms with E-state index in [2.05, 4.69) is 58.2 Å². The lowest BCUT2D eigenvalue weighted by atomic mass is 10.1. The maximum Gasteiger partial charge on any atom is 0.241 e. The largest absolute Gasteiger partial charge is 0.360 e. The average Bonchev–Trinajstić information content (AvgIpc) is 2.42. The Hall–Kier alpha value is -1.07. The minimum atomic E-state index is 0.178. The number of rotatable bonds is 4. The molecule has 0 bridgehead atoms. The lowest BCUT2D eigenvalue weighted by Crippen LogP contribution is -2.48. The van der Waals surface area contributed by atoms with Crippen LogP contribution >= 0.6 is 15.9 Å². The molecule has 1 aromatic carbocycles. The zero-order valence-corrected chi connectivity index (χ0v) is 13.9. The van der Waals surface area contributed by atoms with Gasteiger partial charge in [-0.2, -0.15) is 0 Å². The average molecular weight is 340 g/mol. The highest BCUT2D eigenvalue weighted by Crippen LogP contribution is 2.28. The SMILES string of the molecule is CCNC(C)c1ccc(N2CCN(C)C(=O)C2)cc1Br. The number of carbonyl (C=O) groups excluding carboxylic acids is 1. The summed E-state index contributed by atoms with van der Waals surface area (Å²) < 4.78 is 1.09. The van der Waals surface area contributed by atoms with Gasteiger partial charge in [-0.25, -0.2) is 0 Å². The van der Waals surface area contributed by atoms with E-state index in [9.17, 15) is 4.79 Å². The fourth-order valence-corrected chi connectivity index (χ4v) is 3.17. The number of hydrogen-bond donors (Lipinski definition) is 1. The van der Waals surface area contributed by atoms with Crippen molar-refractivity contribution in [3.05, 3.63) is 28.2 Å². The first-order valence-electron chi connectivity index (χ1n) is 7.04. The Bertz CT molecular complexity index is 492. The molecule has 1 atom stereocenters. The van der Waals surface area contributed by atoms with Crippen LogP contribution in [0.15, 0.2) is 22.7 Å². The molecule has 110 valence electrons. The highest BCUT2D eigenvalue weighted by atomic mass is 79.9. The summed E-state index contributed by atoms with van der Waals surface area (Å²) in [4.78, 5) is 15.7. The van der Waals surface area contributed by atoms with Crippen LogP contribution in [0.2, 0.25) is 0 Å². The van der Waals surface area contributed by atoms with Crippen LogP contribution in [-0.2, 0) is 4.79 Å². The van der Waals surface area contributed by atoms with Gasteiger partial charge in [-0.3, -0.25) is 4.79 Å². The molecular weight excluding hydrogens is 318 g/mol. The Morgan fingerprint density at radius 1 is 1.40 bits per heavy atom. The van der Waals surface area contributed by atoms with E-state index < -0.39 is 0 Å². The Balaban J connectivity index is 2.15. The van der Waals surface area contributed by atoms with E-state index >= 15 is 0 Å². The number of carbonyl (C=O) groups is 1. The van der Waals surface area contributed by atoms with Crippen LogP contribution in [0.5, 0.6) is 0 Å². The van der Waals surface area contributed by atoms with Crippen molar-refractivity contribution in [1.82, 2.24) is 10.2 Å². The summed E-state index contributed by atoms with van der Waals surface area (Å²) >= 11 is 3.65. The van der Waals surface area contributed by atoms with Gasteiger partial charge in [0.05, 0.1) is 6.54 Å². The lowest BCUT2D eigenvalue weighted by Gasteiger charge is -2.33. The van der Waals surface area contributed by atoms with Gasteiger partial charge in [0.25, 0.3) is 0 Å². The maximum atomic E-state index is 11.8. The normalized spacial score (nSPS) is 17.5. The molecule has 0 radical (unpaired) electrons. The fourth-order valence-electron chi connectivity index (χ4n) is 2.46. The molecular formula is C15H22BrN3O. The smallest absolute Gasteiger partial charge is 0.241 e. The third-order valence-electron chi connectivity index (χ3n) is 3.78. The highest BCUT2D eigenvalue weighted by molar-refractivity contribution is 9.10. The Morgan fingerprint density at radius 2 is 2.15 bits per heavy atom. The van der Waals surface area contributed by atoms with E-state index in [1.54, 1.807) is 4.90 Å². The molecule has 0 saturated carbocycles. The van der Waals surface area contributed by atoms with Crippen molar-refractivity contribution in [2.45, 2.75) is 19.9 Å². The Kier molecular flexibility index (Phi) is 5.05. The van der Waals surface area contributed by atoms with Crippen LogP contribution in [0.1, 0.15) is 25.5 Å². The quantitative estimate of drug-likeness (QED) is 0.914. The highest BCUT2D eigenvalue weighted by Gasteiger charge is 2.21. The monoisotopic (exact) mass is 339 g/mol. The molecule has 1 fully saturated rings. The van der Waals surface area contributed by atoms with E-state index in [-0.39, 0.29) is 5.91 Å². The zero-order valence-electron chi connectivity index (χ0n) is 12.3. The number of halogens is 1. The molecule has 1 N–H and O–H groups in total. The third kappa shape index (κ3) is 3.33. The Labute approximate surface area is 129 Å². The first-order chi connectivity index (χ1) is 9.52.